The highest BCUT2D eigenvalue weighted by Gasteiger charge is 2.29. The van der Waals surface area contributed by atoms with Crippen molar-refractivity contribution in [1.29, 1.82) is 0 Å². The fourth-order valence-corrected chi connectivity index (χ4v) is 3.39. The number of aromatic nitrogens is 1. The summed E-state index contributed by atoms with van der Waals surface area (Å²) in [7, 11) is 0. The van der Waals surface area contributed by atoms with Gasteiger partial charge in [-0.1, -0.05) is 0 Å². The summed E-state index contributed by atoms with van der Waals surface area (Å²) < 4.78 is 2.20. The molecule has 2 fully saturated rings. The average molecular weight is 275 g/mol. The molecule has 0 bridgehead atoms. The quantitative estimate of drug-likeness (QED) is 0.916. The molecule has 2 aliphatic rings. The molecule has 0 spiro atoms. The zero-order valence-corrected chi connectivity index (χ0v) is 12.3. The fraction of sp³-hybridized carbons (Fsp3) is 0.688. The van der Waals surface area contributed by atoms with Crippen molar-refractivity contribution in [3.63, 3.8) is 0 Å². The first kappa shape index (κ1) is 13.7. The van der Waals surface area contributed by atoms with Crippen LogP contribution in [0.1, 0.15) is 55.6 Å². The van der Waals surface area contributed by atoms with Crippen molar-refractivity contribution in [2.45, 2.75) is 51.1 Å². The van der Waals surface area contributed by atoms with Crippen molar-refractivity contribution in [2.75, 3.05) is 19.6 Å². The van der Waals surface area contributed by atoms with E-state index in [4.69, 9.17) is 0 Å². The van der Waals surface area contributed by atoms with Crippen molar-refractivity contribution in [3.05, 3.63) is 24.0 Å². The molecule has 1 aliphatic heterocycles. The Morgan fingerprint density at radius 1 is 1.35 bits per heavy atom. The fourth-order valence-electron chi connectivity index (χ4n) is 3.39. The largest absolute Gasteiger partial charge is 0.340 e. The van der Waals surface area contributed by atoms with Gasteiger partial charge in [-0.2, -0.15) is 0 Å². The summed E-state index contributed by atoms with van der Waals surface area (Å²) in [6.45, 7) is 4.95. The lowest BCUT2D eigenvalue weighted by Crippen LogP contribution is -2.46. The molecule has 1 aromatic rings. The number of amides is 1. The lowest BCUT2D eigenvalue weighted by atomic mass is 9.92. The lowest BCUT2D eigenvalue weighted by Gasteiger charge is -2.35. The summed E-state index contributed by atoms with van der Waals surface area (Å²) in [5, 5.41) is 3.37. The first-order chi connectivity index (χ1) is 9.81. The maximum Gasteiger partial charge on any atom is 0.270 e. The third-order valence-electron chi connectivity index (χ3n) is 4.82. The zero-order chi connectivity index (χ0) is 13.9. The molecule has 110 valence electrons. The summed E-state index contributed by atoms with van der Waals surface area (Å²) in [5.41, 5.74) is 0.884. The standard InChI is InChI=1S/C16H25N3O/c1-2-18(14-8-10-17-11-9-14)16(20)15-7-4-12-19(15)13-5-3-6-13/h4,7,12-14,17H,2-3,5-6,8-11H2,1H3. The van der Waals surface area contributed by atoms with Crippen LogP contribution in [-0.2, 0) is 0 Å². The third-order valence-corrected chi connectivity index (χ3v) is 4.82. The van der Waals surface area contributed by atoms with Crippen molar-refractivity contribution >= 4 is 5.91 Å². The highest BCUT2D eigenvalue weighted by molar-refractivity contribution is 5.93. The van der Waals surface area contributed by atoms with E-state index in [9.17, 15) is 4.79 Å². The van der Waals surface area contributed by atoms with E-state index < -0.39 is 0 Å². The van der Waals surface area contributed by atoms with Crippen molar-refractivity contribution in [3.8, 4) is 0 Å². The number of nitrogens with zero attached hydrogens (tertiary/aromatic N) is 2. The van der Waals surface area contributed by atoms with E-state index in [1.165, 1.54) is 19.3 Å². The number of hydrogen-bond donors (Lipinski definition) is 1. The van der Waals surface area contributed by atoms with Gasteiger partial charge in [0.1, 0.15) is 5.69 Å². The van der Waals surface area contributed by atoms with Crippen LogP contribution in [0.4, 0.5) is 0 Å². The Kier molecular flexibility index (Phi) is 4.10. The van der Waals surface area contributed by atoms with E-state index in [-0.39, 0.29) is 5.91 Å². The molecule has 2 heterocycles. The van der Waals surface area contributed by atoms with Gasteiger partial charge in [-0.15, -0.1) is 0 Å². The molecular weight excluding hydrogens is 250 g/mol. The van der Waals surface area contributed by atoms with Crippen LogP contribution in [0.25, 0.3) is 0 Å². The summed E-state index contributed by atoms with van der Waals surface area (Å²) in [5.74, 6) is 0.219. The predicted octanol–water partition coefficient (Wildman–Crippen LogP) is 2.43. The number of carbonyl (C=O) groups excluding carboxylic acids is 1. The molecule has 0 unspecified atom stereocenters. The molecule has 3 rings (SSSR count). The molecule has 1 N–H and O–H groups in total. The molecule has 1 saturated heterocycles. The van der Waals surface area contributed by atoms with Crippen molar-refractivity contribution < 1.29 is 4.79 Å². The molecule has 4 nitrogen and oxygen atoms in total. The second-order valence-corrected chi connectivity index (χ2v) is 5.96. The number of carbonyl (C=O) groups is 1. The number of nitrogens with one attached hydrogen (secondary N) is 1. The predicted molar refractivity (Wildman–Crippen MR) is 79.9 cm³/mol. The maximum atomic E-state index is 12.9. The van der Waals surface area contributed by atoms with Gasteiger partial charge in [-0.25, -0.2) is 0 Å². The van der Waals surface area contributed by atoms with Gasteiger partial charge in [0, 0.05) is 24.8 Å². The van der Waals surface area contributed by atoms with Crippen LogP contribution < -0.4 is 5.32 Å². The van der Waals surface area contributed by atoms with Gasteiger partial charge in [0.25, 0.3) is 5.91 Å². The van der Waals surface area contributed by atoms with E-state index in [2.05, 4.69) is 27.9 Å². The molecule has 1 saturated carbocycles. The number of hydrogen-bond acceptors (Lipinski definition) is 2. The highest BCUT2D eigenvalue weighted by Crippen LogP contribution is 2.33. The van der Waals surface area contributed by atoms with Crippen LogP contribution in [0.5, 0.6) is 0 Å². The highest BCUT2D eigenvalue weighted by atomic mass is 16.2. The maximum absolute atomic E-state index is 12.9. The van der Waals surface area contributed by atoms with Gasteiger partial charge < -0.3 is 14.8 Å². The van der Waals surface area contributed by atoms with Crippen LogP contribution in [0.15, 0.2) is 18.3 Å². The van der Waals surface area contributed by atoms with Gasteiger partial charge in [0.2, 0.25) is 0 Å². The topological polar surface area (TPSA) is 37.3 Å². The lowest BCUT2D eigenvalue weighted by molar-refractivity contribution is 0.0639. The number of piperidine rings is 1. The molecule has 0 atom stereocenters. The molecule has 1 amide bonds. The molecular formula is C16H25N3O. The minimum absolute atomic E-state index is 0.219. The summed E-state index contributed by atoms with van der Waals surface area (Å²) in [6.07, 6.45) is 7.95. The van der Waals surface area contributed by atoms with Crippen LogP contribution in [0.2, 0.25) is 0 Å². The SMILES string of the molecule is CCN(C(=O)c1cccn1C1CCC1)C1CCNCC1. The normalized spacial score (nSPS) is 20.6. The minimum Gasteiger partial charge on any atom is -0.340 e. The second kappa shape index (κ2) is 6.00. The van der Waals surface area contributed by atoms with Gasteiger partial charge in [-0.05, 0) is 64.3 Å². The van der Waals surface area contributed by atoms with Gasteiger partial charge in [0.05, 0.1) is 0 Å². The van der Waals surface area contributed by atoms with Crippen LogP contribution in [0, 0.1) is 0 Å². The Morgan fingerprint density at radius 2 is 2.10 bits per heavy atom. The van der Waals surface area contributed by atoms with E-state index >= 15 is 0 Å². The summed E-state index contributed by atoms with van der Waals surface area (Å²) in [4.78, 5) is 15.0. The first-order valence-electron chi connectivity index (χ1n) is 7.99. The molecule has 0 aromatic carbocycles. The van der Waals surface area contributed by atoms with Gasteiger partial charge in [-0.3, -0.25) is 4.79 Å². The van der Waals surface area contributed by atoms with Crippen LogP contribution >= 0.6 is 0 Å². The molecule has 0 radical (unpaired) electrons. The zero-order valence-electron chi connectivity index (χ0n) is 12.3. The van der Waals surface area contributed by atoms with E-state index in [1.807, 2.05) is 12.1 Å². The third kappa shape index (κ3) is 2.49. The average Bonchev–Trinajstić information content (AvgIpc) is 2.88. The Balaban J connectivity index is 1.77. The second-order valence-electron chi connectivity index (χ2n) is 5.96. The molecule has 4 heteroatoms. The Bertz CT molecular complexity index is 458. The Hall–Kier alpha value is -1.29. The monoisotopic (exact) mass is 275 g/mol. The first-order valence-corrected chi connectivity index (χ1v) is 7.99. The Labute approximate surface area is 121 Å². The number of rotatable bonds is 4. The molecule has 1 aromatic heterocycles. The minimum atomic E-state index is 0.219. The summed E-state index contributed by atoms with van der Waals surface area (Å²) in [6, 6.07) is 4.96. The Morgan fingerprint density at radius 3 is 2.70 bits per heavy atom. The van der Waals surface area contributed by atoms with Crippen LogP contribution in [0.3, 0.4) is 0 Å². The van der Waals surface area contributed by atoms with Gasteiger partial charge in [0.15, 0.2) is 0 Å². The summed E-state index contributed by atoms with van der Waals surface area (Å²) >= 11 is 0. The van der Waals surface area contributed by atoms with E-state index in [0.29, 0.717) is 12.1 Å². The van der Waals surface area contributed by atoms with E-state index in [1.54, 1.807) is 0 Å². The van der Waals surface area contributed by atoms with Crippen LogP contribution in [-0.4, -0.2) is 41.1 Å². The molecule has 1 aliphatic carbocycles. The van der Waals surface area contributed by atoms with Gasteiger partial charge >= 0.3 is 0 Å². The van der Waals surface area contributed by atoms with E-state index in [0.717, 1.165) is 38.2 Å². The smallest absolute Gasteiger partial charge is 0.270 e. The van der Waals surface area contributed by atoms with Crippen molar-refractivity contribution in [2.24, 2.45) is 0 Å². The van der Waals surface area contributed by atoms with Crippen molar-refractivity contribution in [1.82, 2.24) is 14.8 Å². The molecule has 20 heavy (non-hydrogen) atoms.